The highest BCUT2D eigenvalue weighted by atomic mass is 16.2. The number of amides is 3. The molecule has 24 heavy (non-hydrogen) atoms. The van der Waals surface area contributed by atoms with Gasteiger partial charge in [0.1, 0.15) is 0 Å². The van der Waals surface area contributed by atoms with Crippen molar-refractivity contribution < 1.29 is 14.4 Å². The fourth-order valence-electron chi connectivity index (χ4n) is 3.70. The number of nitrogens with one attached hydrogen (secondary N) is 2. The van der Waals surface area contributed by atoms with E-state index in [1.54, 1.807) is 11.0 Å². The minimum Gasteiger partial charge on any atom is -0.350 e. The number of para-hydroxylation sites is 1. The van der Waals surface area contributed by atoms with Gasteiger partial charge in [0.05, 0.1) is 19.0 Å². The molecule has 2 atom stereocenters. The molecule has 2 aliphatic rings. The molecule has 2 unspecified atom stereocenters. The van der Waals surface area contributed by atoms with Crippen molar-refractivity contribution in [3.63, 3.8) is 0 Å². The maximum atomic E-state index is 12.8. The van der Waals surface area contributed by atoms with Crippen molar-refractivity contribution in [1.29, 1.82) is 0 Å². The number of benzene rings is 1. The van der Waals surface area contributed by atoms with Crippen LogP contribution in [0.4, 0.5) is 5.69 Å². The zero-order chi connectivity index (χ0) is 17.1. The van der Waals surface area contributed by atoms with E-state index in [0.29, 0.717) is 5.69 Å². The number of carbonyl (C=O) groups excluding carboxylic acids is 3. The van der Waals surface area contributed by atoms with Gasteiger partial charge >= 0.3 is 0 Å². The minimum atomic E-state index is -0.167. The van der Waals surface area contributed by atoms with Crippen molar-refractivity contribution in [3.8, 4) is 0 Å². The number of nitrogens with zero attached hydrogens (tertiary/aromatic N) is 1. The second-order valence-corrected chi connectivity index (χ2v) is 6.56. The molecule has 0 bridgehead atoms. The summed E-state index contributed by atoms with van der Waals surface area (Å²) in [5.41, 5.74) is 1.43. The predicted octanol–water partition coefficient (Wildman–Crippen LogP) is 1.46. The molecule has 0 spiro atoms. The molecule has 1 aliphatic heterocycles. The van der Waals surface area contributed by atoms with E-state index in [1.807, 2.05) is 18.2 Å². The van der Waals surface area contributed by atoms with Crippen LogP contribution in [0.15, 0.2) is 24.3 Å². The summed E-state index contributed by atoms with van der Waals surface area (Å²) in [4.78, 5) is 37.8. The summed E-state index contributed by atoms with van der Waals surface area (Å²) in [6.07, 6.45) is 4.23. The summed E-state index contributed by atoms with van der Waals surface area (Å²) in [5, 5.41) is 5.77. The third kappa shape index (κ3) is 3.58. The third-order valence-electron chi connectivity index (χ3n) is 4.78. The van der Waals surface area contributed by atoms with Gasteiger partial charge in [0.25, 0.3) is 0 Å². The molecule has 128 valence electrons. The number of hydrogen-bond donors (Lipinski definition) is 2. The highest BCUT2D eigenvalue weighted by molar-refractivity contribution is 5.92. The molecule has 1 aromatic rings. The number of hydrogen-bond acceptors (Lipinski definition) is 3. The summed E-state index contributed by atoms with van der Waals surface area (Å²) >= 11 is 0. The molecule has 2 fully saturated rings. The molecular weight excluding hydrogens is 306 g/mol. The molecule has 1 aromatic carbocycles. The number of fused-ring (bicyclic) bond motifs is 1. The van der Waals surface area contributed by atoms with Crippen molar-refractivity contribution in [2.45, 2.75) is 51.1 Å². The second-order valence-electron chi connectivity index (χ2n) is 6.56. The maximum absolute atomic E-state index is 12.8. The van der Waals surface area contributed by atoms with Gasteiger partial charge in [-0.15, -0.1) is 0 Å². The monoisotopic (exact) mass is 329 g/mol. The zero-order valence-electron chi connectivity index (χ0n) is 13.9. The van der Waals surface area contributed by atoms with Crippen LogP contribution >= 0.6 is 0 Å². The summed E-state index contributed by atoms with van der Waals surface area (Å²) < 4.78 is 0. The Kier molecular flexibility index (Phi) is 4.83. The van der Waals surface area contributed by atoms with Crippen LogP contribution in [0.25, 0.3) is 0 Å². The lowest BCUT2D eigenvalue weighted by molar-refractivity contribution is -0.143. The zero-order valence-corrected chi connectivity index (χ0v) is 13.9. The molecule has 6 nitrogen and oxygen atoms in total. The second kappa shape index (κ2) is 7.03. The first-order chi connectivity index (χ1) is 11.5. The van der Waals surface area contributed by atoms with Gasteiger partial charge in [-0.3, -0.25) is 14.4 Å². The maximum Gasteiger partial charge on any atom is 0.239 e. The van der Waals surface area contributed by atoms with Crippen LogP contribution in [0.5, 0.6) is 0 Å². The summed E-state index contributed by atoms with van der Waals surface area (Å²) in [5.74, 6) is -0.305. The molecule has 1 saturated carbocycles. The fraction of sp³-hybridized carbons (Fsp3) is 0.500. The van der Waals surface area contributed by atoms with E-state index in [1.165, 1.54) is 6.92 Å². The average molecular weight is 329 g/mol. The predicted molar refractivity (Wildman–Crippen MR) is 90.3 cm³/mol. The topological polar surface area (TPSA) is 78.5 Å². The molecule has 0 aromatic heterocycles. The van der Waals surface area contributed by atoms with Crippen molar-refractivity contribution in [3.05, 3.63) is 29.8 Å². The van der Waals surface area contributed by atoms with Crippen molar-refractivity contribution in [1.82, 2.24) is 10.2 Å². The van der Waals surface area contributed by atoms with E-state index in [4.69, 9.17) is 0 Å². The first kappa shape index (κ1) is 16.5. The lowest BCUT2D eigenvalue weighted by atomic mass is 9.87. The van der Waals surface area contributed by atoms with Crippen LogP contribution < -0.4 is 10.6 Å². The van der Waals surface area contributed by atoms with Crippen LogP contribution in [0.2, 0.25) is 0 Å². The van der Waals surface area contributed by atoms with E-state index < -0.39 is 0 Å². The Morgan fingerprint density at radius 3 is 2.79 bits per heavy atom. The third-order valence-corrected chi connectivity index (χ3v) is 4.78. The van der Waals surface area contributed by atoms with E-state index in [9.17, 15) is 14.4 Å². The van der Waals surface area contributed by atoms with Gasteiger partial charge in [-0.05, 0) is 24.5 Å². The van der Waals surface area contributed by atoms with Crippen molar-refractivity contribution >= 4 is 23.4 Å². The Hall–Kier alpha value is -2.37. The van der Waals surface area contributed by atoms with Crippen LogP contribution in [-0.4, -0.2) is 41.2 Å². The lowest BCUT2D eigenvalue weighted by Crippen LogP contribution is -2.63. The van der Waals surface area contributed by atoms with Gasteiger partial charge in [-0.1, -0.05) is 31.0 Å². The normalized spacial score (nSPS) is 23.2. The summed E-state index contributed by atoms with van der Waals surface area (Å²) in [6.45, 7) is 1.57. The number of rotatable bonds is 3. The minimum absolute atomic E-state index is 0.0560. The number of piperazine rings is 1. The fourth-order valence-corrected chi connectivity index (χ4v) is 3.70. The van der Waals surface area contributed by atoms with Crippen LogP contribution in [0.3, 0.4) is 0 Å². The largest absolute Gasteiger partial charge is 0.350 e. The Morgan fingerprint density at radius 1 is 1.25 bits per heavy atom. The smallest absolute Gasteiger partial charge is 0.239 e. The summed E-state index contributed by atoms with van der Waals surface area (Å²) in [7, 11) is 0. The van der Waals surface area contributed by atoms with E-state index in [2.05, 4.69) is 10.6 Å². The van der Waals surface area contributed by atoms with Gasteiger partial charge in [-0.25, -0.2) is 0 Å². The highest BCUT2D eigenvalue weighted by Gasteiger charge is 2.38. The van der Waals surface area contributed by atoms with Gasteiger partial charge < -0.3 is 15.5 Å². The molecular formula is C18H23N3O3. The van der Waals surface area contributed by atoms with E-state index in [-0.39, 0.29) is 42.8 Å². The highest BCUT2D eigenvalue weighted by Crippen LogP contribution is 2.27. The standard InChI is InChI=1S/C18H23N3O3/c1-12(22)19-14-7-3-2-6-13(14)10-18(24)21-11-17(23)20-15-8-4-5-9-16(15)21/h2-3,6-7,15-16H,4-5,8-11H2,1H3,(H,19,22)(H,20,23). The van der Waals surface area contributed by atoms with Crippen molar-refractivity contribution in [2.24, 2.45) is 0 Å². The molecule has 2 N–H and O–H groups in total. The lowest BCUT2D eigenvalue weighted by Gasteiger charge is -2.44. The SMILES string of the molecule is CC(=O)Nc1ccccc1CC(=O)N1CC(=O)NC2CCCCC21. The number of anilines is 1. The van der Waals surface area contributed by atoms with Gasteiger partial charge in [-0.2, -0.15) is 0 Å². The van der Waals surface area contributed by atoms with Gasteiger partial charge in [0.15, 0.2) is 0 Å². The molecule has 1 heterocycles. The Balaban J connectivity index is 1.76. The average Bonchev–Trinajstić information content (AvgIpc) is 2.55. The van der Waals surface area contributed by atoms with Gasteiger partial charge in [0.2, 0.25) is 17.7 Å². The first-order valence-electron chi connectivity index (χ1n) is 8.49. The molecule has 1 saturated heterocycles. The number of carbonyl (C=O) groups is 3. The molecule has 3 amide bonds. The molecule has 0 radical (unpaired) electrons. The quantitative estimate of drug-likeness (QED) is 0.881. The van der Waals surface area contributed by atoms with Crippen molar-refractivity contribution in [2.75, 3.05) is 11.9 Å². The van der Waals surface area contributed by atoms with Crippen LogP contribution in [0, 0.1) is 0 Å². The van der Waals surface area contributed by atoms with Gasteiger partial charge in [0, 0.05) is 18.7 Å². The Morgan fingerprint density at radius 2 is 2.00 bits per heavy atom. The summed E-state index contributed by atoms with van der Waals surface area (Å²) in [6, 6.07) is 7.47. The van der Waals surface area contributed by atoms with Crippen LogP contribution in [-0.2, 0) is 20.8 Å². The Bertz CT molecular complexity index is 659. The molecule has 1 aliphatic carbocycles. The Labute approximate surface area is 141 Å². The van der Waals surface area contributed by atoms with E-state index >= 15 is 0 Å². The van der Waals surface area contributed by atoms with Crippen LogP contribution in [0.1, 0.15) is 38.2 Å². The molecule has 3 rings (SSSR count). The first-order valence-corrected chi connectivity index (χ1v) is 8.49. The van der Waals surface area contributed by atoms with E-state index in [0.717, 1.165) is 31.2 Å². The molecule has 6 heteroatoms.